The maximum atomic E-state index is 5.45. The molecule has 92 valence electrons. The summed E-state index contributed by atoms with van der Waals surface area (Å²) in [6, 6.07) is 4.07. The van der Waals surface area contributed by atoms with Crippen LogP contribution in [0.25, 0.3) is 0 Å². The Bertz CT molecular complexity index is 435. The molecule has 0 radical (unpaired) electrons. The average Bonchev–Trinajstić information content (AvgIpc) is 2.95. The summed E-state index contributed by atoms with van der Waals surface area (Å²) in [5, 5.41) is 11.5. The zero-order chi connectivity index (χ0) is 12.1. The van der Waals surface area contributed by atoms with Gasteiger partial charge >= 0.3 is 0 Å². The second-order valence-corrected chi connectivity index (χ2v) is 4.11. The summed E-state index contributed by atoms with van der Waals surface area (Å²) in [5.41, 5.74) is 0.970. The van der Waals surface area contributed by atoms with Crippen molar-refractivity contribution in [1.29, 1.82) is 0 Å². The van der Waals surface area contributed by atoms with E-state index in [1.165, 1.54) is 0 Å². The molecule has 5 heteroatoms. The van der Waals surface area contributed by atoms with E-state index in [2.05, 4.69) is 22.6 Å². The van der Waals surface area contributed by atoms with Crippen molar-refractivity contribution in [3.05, 3.63) is 36.0 Å². The van der Waals surface area contributed by atoms with Crippen molar-refractivity contribution in [3.63, 3.8) is 0 Å². The maximum Gasteiger partial charge on any atom is 0.121 e. The normalized spacial score (nSPS) is 12.8. The second kappa shape index (κ2) is 5.63. The summed E-state index contributed by atoms with van der Waals surface area (Å²) in [6.07, 6.45) is 5.52. The van der Waals surface area contributed by atoms with E-state index in [0.29, 0.717) is 0 Å². The standard InChI is InChI=1S/C12H18N4O/c1-3-6-13-11(12-5-4-7-17-12)8-10-9-16(2)15-14-10/h4-5,7,9,11,13H,3,6,8H2,1-2H3. The minimum absolute atomic E-state index is 0.168. The van der Waals surface area contributed by atoms with Crippen LogP contribution in [0, 0.1) is 0 Å². The van der Waals surface area contributed by atoms with Crippen LogP contribution in [0.4, 0.5) is 0 Å². The van der Waals surface area contributed by atoms with Gasteiger partial charge in [0.15, 0.2) is 0 Å². The monoisotopic (exact) mass is 234 g/mol. The first-order valence-corrected chi connectivity index (χ1v) is 5.91. The highest BCUT2D eigenvalue weighted by molar-refractivity contribution is 5.08. The zero-order valence-corrected chi connectivity index (χ0v) is 10.3. The van der Waals surface area contributed by atoms with E-state index in [1.807, 2.05) is 25.4 Å². The molecule has 1 N–H and O–H groups in total. The van der Waals surface area contributed by atoms with E-state index in [4.69, 9.17) is 4.42 Å². The molecule has 2 aromatic heterocycles. The van der Waals surface area contributed by atoms with E-state index in [9.17, 15) is 0 Å². The lowest BCUT2D eigenvalue weighted by molar-refractivity contribution is 0.408. The van der Waals surface area contributed by atoms with Crippen molar-refractivity contribution >= 4 is 0 Å². The van der Waals surface area contributed by atoms with Gasteiger partial charge in [0.1, 0.15) is 5.76 Å². The molecule has 0 spiro atoms. The van der Waals surface area contributed by atoms with Crippen LogP contribution in [0.15, 0.2) is 29.0 Å². The number of hydrogen-bond donors (Lipinski definition) is 1. The molecule has 0 aliphatic heterocycles. The van der Waals surface area contributed by atoms with E-state index in [1.54, 1.807) is 10.9 Å². The molecule has 2 aromatic rings. The molecule has 0 aromatic carbocycles. The number of nitrogens with zero attached hydrogens (tertiary/aromatic N) is 3. The van der Waals surface area contributed by atoms with Gasteiger partial charge < -0.3 is 9.73 Å². The summed E-state index contributed by atoms with van der Waals surface area (Å²) >= 11 is 0. The van der Waals surface area contributed by atoms with Crippen LogP contribution in [0.1, 0.15) is 30.8 Å². The maximum absolute atomic E-state index is 5.45. The number of furan rings is 1. The van der Waals surface area contributed by atoms with Gasteiger partial charge in [-0.15, -0.1) is 5.10 Å². The molecule has 0 bridgehead atoms. The second-order valence-electron chi connectivity index (χ2n) is 4.11. The number of hydrogen-bond acceptors (Lipinski definition) is 4. The molecule has 0 aliphatic rings. The summed E-state index contributed by atoms with van der Waals surface area (Å²) in [5.74, 6) is 0.948. The van der Waals surface area contributed by atoms with Gasteiger partial charge in [-0.1, -0.05) is 12.1 Å². The molecule has 2 heterocycles. The topological polar surface area (TPSA) is 55.9 Å². The Morgan fingerprint density at radius 2 is 2.41 bits per heavy atom. The lowest BCUT2D eigenvalue weighted by atomic mass is 10.1. The van der Waals surface area contributed by atoms with Crippen LogP contribution in [-0.2, 0) is 13.5 Å². The third-order valence-corrected chi connectivity index (χ3v) is 2.59. The molecular formula is C12H18N4O. The number of nitrogens with one attached hydrogen (secondary N) is 1. The van der Waals surface area contributed by atoms with E-state index in [0.717, 1.165) is 30.8 Å². The lowest BCUT2D eigenvalue weighted by Gasteiger charge is -2.14. The summed E-state index contributed by atoms with van der Waals surface area (Å²) in [7, 11) is 1.87. The van der Waals surface area contributed by atoms with Crippen LogP contribution in [-0.4, -0.2) is 21.5 Å². The quantitative estimate of drug-likeness (QED) is 0.826. The molecular weight excluding hydrogens is 216 g/mol. The van der Waals surface area contributed by atoms with Gasteiger partial charge in [-0.2, -0.15) is 0 Å². The Morgan fingerprint density at radius 1 is 1.53 bits per heavy atom. The van der Waals surface area contributed by atoms with Crippen LogP contribution in [0.2, 0.25) is 0 Å². The molecule has 17 heavy (non-hydrogen) atoms. The minimum atomic E-state index is 0.168. The molecule has 2 rings (SSSR count). The first-order valence-electron chi connectivity index (χ1n) is 5.91. The fourth-order valence-electron chi connectivity index (χ4n) is 1.78. The Kier molecular flexibility index (Phi) is 3.93. The molecule has 0 amide bonds. The third kappa shape index (κ3) is 3.17. The Labute approximate surface area is 101 Å². The SMILES string of the molecule is CCCNC(Cc1cn(C)nn1)c1ccco1. The third-order valence-electron chi connectivity index (χ3n) is 2.59. The fraction of sp³-hybridized carbons (Fsp3) is 0.500. The van der Waals surface area contributed by atoms with E-state index >= 15 is 0 Å². The van der Waals surface area contributed by atoms with Crippen LogP contribution >= 0.6 is 0 Å². The Balaban J connectivity index is 2.05. The fourth-order valence-corrected chi connectivity index (χ4v) is 1.78. The number of aryl methyl sites for hydroxylation is 1. The lowest BCUT2D eigenvalue weighted by Crippen LogP contribution is -2.23. The van der Waals surface area contributed by atoms with Crippen molar-refractivity contribution in [2.75, 3.05) is 6.54 Å². The molecule has 0 saturated carbocycles. The van der Waals surface area contributed by atoms with Gasteiger partial charge in [0.25, 0.3) is 0 Å². The number of rotatable bonds is 6. The van der Waals surface area contributed by atoms with Crippen molar-refractivity contribution < 1.29 is 4.42 Å². The smallest absolute Gasteiger partial charge is 0.121 e. The molecule has 0 fully saturated rings. The molecule has 0 aliphatic carbocycles. The zero-order valence-electron chi connectivity index (χ0n) is 10.3. The summed E-state index contributed by atoms with van der Waals surface area (Å²) in [4.78, 5) is 0. The first kappa shape index (κ1) is 11.9. The predicted molar refractivity (Wildman–Crippen MR) is 64.4 cm³/mol. The molecule has 1 unspecified atom stereocenters. The van der Waals surface area contributed by atoms with Crippen molar-refractivity contribution in [1.82, 2.24) is 20.3 Å². The Hall–Kier alpha value is -1.62. The van der Waals surface area contributed by atoms with Gasteiger partial charge in [0.2, 0.25) is 0 Å². The van der Waals surface area contributed by atoms with Gasteiger partial charge in [-0.25, -0.2) is 0 Å². The average molecular weight is 234 g/mol. The van der Waals surface area contributed by atoms with E-state index < -0.39 is 0 Å². The highest BCUT2D eigenvalue weighted by Gasteiger charge is 2.15. The van der Waals surface area contributed by atoms with Gasteiger partial charge in [0.05, 0.1) is 18.0 Å². The molecule has 5 nitrogen and oxygen atoms in total. The highest BCUT2D eigenvalue weighted by Crippen LogP contribution is 2.17. The van der Waals surface area contributed by atoms with Crippen molar-refractivity contribution in [2.24, 2.45) is 7.05 Å². The summed E-state index contributed by atoms with van der Waals surface area (Å²) in [6.45, 7) is 3.11. The van der Waals surface area contributed by atoms with Crippen LogP contribution in [0.5, 0.6) is 0 Å². The van der Waals surface area contributed by atoms with E-state index in [-0.39, 0.29) is 6.04 Å². The Morgan fingerprint density at radius 3 is 3.00 bits per heavy atom. The highest BCUT2D eigenvalue weighted by atomic mass is 16.3. The minimum Gasteiger partial charge on any atom is -0.468 e. The first-order chi connectivity index (χ1) is 8.29. The van der Waals surface area contributed by atoms with Gasteiger partial charge in [0, 0.05) is 19.7 Å². The largest absolute Gasteiger partial charge is 0.468 e. The van der Waals surface area contributed by atoms with Crippen LogP contribution in [0.3, 0.4) is 0 Å². The van der Waals surface area contributed by atoms with Crippen molar-refractivity contribution in [2.45, 2.75) is 25.8 Å². The van der Waals surface area contributed by atoms with Crippen molar-refractivity contribution in [3.8, 4) is 0 Å². The summed E-state index contributed by atoms with van der Waals surface area (Å²) < 4.78 is 7.17. The van der Waals surface area contributed by atoms with Gasteiger partial charge in [-0.3, -0.25) is 4.68 Å². The molecule has 0 saturated heterocycles. The van der Waals surface area contributed by atoms with Gasteiger partial charge in [-0.05, 0) is 25.1 Å². The van der Waals surface area contributed by atoms with Crippen LogP contribution < -0.4 is 5.32 Å². The predicted octanol–water partition coefficient (Wildman–Crippen LogP) is 1.69. The molecule has 1 atom stereocenters. The number of aromatic nitrogens is 3.